The number of amides is 2. The molecule has 210 valence electrons. The van der Waals surface area contributed by atoms with Crippen LogP contribution >= 0.6 is 0 Å². The van der Waals surface area contributed by atoms with Crippen molar-refractivity contribution < 1.29 is 27.2 Å². The smallest absolute Gasteiger partial charge is 0.331 e. The molecular formula is C27H32F4N6O2. The van der Waals surface area contributed by atoms with E-state index in [1.807, 2.05) is 0 Å². The van der Waals surface area contributed by atoms with Crippen molar-refractivity contribution in [3.8, 4) is 0 Å². The van der Waals surface area contributed by atoms with Crippen LogP contribution in [0, 0.1) is 22.7 Å². The molecule has 1 aliphatic rings. The van der Waals surface area contributed by atoms with E-state index in [1.54, 1.807) is 17.0 Å². The Hall–Kier alpha value is -3.83. The van der Waals surface area contributed by atoms with E-state index in [1.165, 1.54) is 12.1 Å². The predicted octanol–water partition coefficient (Wildman–Crippen LogP) is 6.08. The Morgan fingerprint density at radius 3 is 2.13 bits per heavy atom. The Morgan fingerprint density at radius 2 is 1.62 bits per heavy atom. The van der Waals surface area contributed by atoms with Gasteiger partial charge < -0.3 is 10.7 Å². The van der Waals surface area contributed by atoms with Crippen LogP contribution < -0.4 is 11.2 Å². The summed E-state index contributed by atoms with van der Waals surface area (Å²) in [7, 11) is 0. The monoisotopic (exact) mass is 548 g/mol. The van der Waals surface area contributed by atoms with Crippen molar-refractivity contribution in [2.24, 2.45) is 27.4 Å². The maximum absolute atomic E-state index is 13.9. The van der Waals surface area contributed by atoms with Crippen molar-refractivity contribution in [2.75, 3.05) is 0 Å². The fraction of sp³-hybridized carbons (Fsp3) is 0.444. The molecule has 0 atom stereocenters. The van der Waals surface area contributed by atoms with Crippen LogP contribution in [-0.2, 0) is 12.7 Å². The molecule has 1 aliphatic carbocycles. The van der Waals surface area contributed by atoms with Crippen molar-refractivity contribution >= 4 is 17.8 Å². The predicted molar refractivity (Wildman–Crippen MR) is 137 cm³/mol. The maximum atomic E-state index is 13.9. The lowest BCUT2D eigenvalue weighted by molar-refractivity contribution is -0.140. The molecule has 39 heavy (non-hydrogen) atoms. The Morgan fingerprint density at radius 1 is 1.03 bits per heavy atom. The van der Waals surface area contributed by atoms with Crippen LogP contribution in [0.25, 0.3) is 0 Å². The van der Waals surface area contributed by atoms with Crippen LogP contribution in [0.3, 0.4) is 0 Å². The van der Waals surface area contributed by atoms with Crippen LogP contribution in [0.5, 0.6) is 0 Å². The number of nitrogens with zero attached hydrogens (tertiary/aromatic N) is 3. The Balaban J connectivity index is 1.88. The Kier molecular flexibility index (Phi) is 9.08. The molecule has 0 aliphatic heterocycles. The van der Waals surface area contributed by atoms with E-state index < -0.39 is 29.4 Å². The highest BCUT2D eigenvalue weighted by molar-refractivity contribution is 6.05. The minimum atomic E-state index is -4.94. The summed E-state index contributed by atoms with van der Waals surface area (Å²) < 4.78 is 54.0. The van der Waals surface area contributed by atoms with Gasteiger partial charge in [-0.05, 0) is 72.9 Å². The van der Waals surface area contributed by atoms with Crippen molar-refractivity contribution in [3.63, 3.8) is 0 Å². The third-order valence-electron chi connectivity index (χ3n) is 7.16. The molecule has 1 saturated carbocycles. The second-order valence-corrected chi connectivity index (χ2v) is 10.7. The zero-order valence-corrected chi connectivity index (χ0v) is 22.0. The summed E-state index contributed by atoms with van der Waals surface area (Å²) in [5.41, 5.74) is 6.15. The van der Waals surface area contributed by atoms with Crippen LogP contribution in [0.2, 0.25) is 0 Å². The summed E-state index contributed by atoms with van der Waals surface area (Å²) in [6.07, 6.45) is -1.85. The van der Waals surface area contributed by atoms with E-state index in [-0.39, 0.29) is 35.1 Å². The molecule has 2 aromatic carbocycles. The number of hydrogen-bond donors (Lipinski definition) is 3. The van der Waals surface area contributed by atoms with Crippen molar-refractivity contribution in [1.82, 2.24) is 10.2 Å². The van der Waals surface area contributed by atoms with Gasteiger partial charge in [-0.2, -0.15) is 13.2 Å². The lowest BCUT2D eigenvalue weighted by Gasteiger charge is -2.41. The molecule has 0 aromatic heterocycles. The van der Waals surface area contributed by atoms with E-state index in [2.05, 4.69) is 36.3 Å². The largest absolute Gasteiger partial charge is 0.419 e. The van der Waals surface area contributed by atoms with Crippen molar-refractivity contribution in [2.45, 2.75) is 65.2 Å². The average Bonchev–Trinajstić information content (AvgIpc) is 2.89. The van der Waals surface area contributed by atoms with Gasteiger partial charge in [-0.1, -0.05) is 32.9 Å². The molecule has 0 unspecified atom stereocenters. The molecule has 0 heterocycles. The van der Waals surface area contributed by atoms with E-state index in [9.17, 15) is 27.2 Å². The third kappa shape index (κ3) is 7.39. The van der Waals surface area contributed by atoms with Crippen LogP contribution in [-0.4, -0.2) is 28.7 Å². The second-order valence-electron chi connectivity index (χ2n) is 10.7. The SMILES string of the molecule is CC(C)(C)C1CCC(N(Cc2ccc(C(=O)N/C(N=N)=N/N)cc2)C(=O)c2ccc(F)c(C(F)(F)F)c2)CC1. The number of nitrogens with two attached hydrogens (primary N) is 1. The number of guanidine groups is 1. The first kappa shape index (κ1) is 29.7. The summed E-state index contributed by atoms with van der Waals surface area (Å²) in [6, 6.07) is 8.33. The highest BCUT2D eigenvalue weighted by atomic mass is 19.4. The van der Waals surface area contributed by atoms with Gasteiger partial charge in [0.05, 0.1) is 5.56 Å². The van der Waals surface area contributed by atoms with Gasteiger partial charge >= 0.3 is 6.18 Å². The van der Waals surface area contributed by atoms with Crippen LogP contribution in [0.15, 0.2) is 52.7 Å². The normalized spacial score (nSPS) is 18.4. The zero-order valence-electron chi connectivity index (χ0n) is 22.0. The molecule has 0 bridgehead atoms. The highest BCUT2D eigenvalue weighted by Crippen LogP contribution is 2.40. The second kappa shape index (κ2) is 11.9. The van der Waals surface area contributed by atoms with E-state index in [0.717, 1.165) is 18.9 Å². The van der Waals surface area contributed by atoms with Crippen molar-refractivity contribution in [1.29, 1.82) is 5.53 Å². The number of alkyl halides is 3. The zero-order chi connectivity index (χ0) is 29.0. The number of carbonyl (C=O) groups is 2. The molecule has 0 radical (unpaired) electrons. The molecule has 3 rings (SSSR count). The van der Waals surface area contributed by atoms with Gasteiger partial charge in [0, 0.05) is 23.7 Å². The average molecular weight is 549 g/mol. The number of hydrazone groups is 1. The van der Waals surface area contributed by atoms with Crippen LogP contribution in [0.4, 0.5) is 17.6 Å². The standard InChI is InChI=1S/C27H32F4N6O2/c1-26(2,3)19-9-11-20(12-10-19)37(24(39)18-8-13-22(28)21(14-18)27(29,30)31)15-16-4-6-17(7-5-16)23(38)34-25(35-32)36-33/h4-8,13-14,19-20,32H,9-12,15,33H2,1-3H3,(H,34,36,38). The minimum absolute atomic E-state index is 0.0852. The number of benzene rings is 2. The number of nitrogens with one attached hydrogen (secondary N) is 2. The molecule has 1 fully saturated rings. The van der Waals surface area contributed by atoms with E-state index in [0.29, 0.717) is 36.5 Å². The first-order valence-corrected chi connectivity index (χ1v) is 12.5. The van der Waals surface area contributed by atoms with Gasteiger partial charge in [-0.25, -0.2) is 9.92 Å². The molecule has 12 heteroatoms. The highest BCUT2D eigenvalue weighted by Gasteiger charge is 2.37. The summed E-state index contributed by atoms with van der Waals surface area (Å²) in [4.78, 5) is 27.5. The van der Waals surface area contributed by atoms with Gasteiger partial charge in [0.25, 0.3) is 17.8 Å². The molecule has 2 amide bonds. The first-order chi connectivity index (χ1) is 18.2. The number of rotatable bonds is 5. The number of halogens is 4. The quantitative estimate of drug-likeness (QED) is 0.105. The summed E-state index contributed by atoms with van der Waals surface area (Å²) in [6.45, 7) is 6.57. The molecular weight excluding hydrogens is 516 g/mol. The summed E-state index contributed by atoms with van der Waals surface area (Å²) in [5, 5.41) is 8.42. The number of hydrogen-bond acceptors (Lipinski definition) is 5. The Labute approximate surface area is 224 Å². The summed E-state index contributed by atoms with van der Waals surface area (Å²) in [5.74, 6) is 2.47. The first-order valence-electron chi connectivity index (χ1n) is 12.5. The van der Waals surface area contributed by atoms with Gasteiger partial charge in [0.2, 0.25) is 0 Å². The third-order valence-corrected chi connectivity index (χ3v) is 7.16. The van der Waals surface area contributed by atoms with Gasteiger partial charge in [0.15, 0.2) is 0 Å². The maximum Gasteiger partial charge on any atom is 0.419 e. The molecule has 8 nitrogen and oxygen atoms in total. The molecule has 2 aromatic rings. The van der Waals surface area contributed by atoms with E-state index >= 15 is 0 Å². The molecule has 4 N–H and O–H groups in total. The van der Waals surface area contributed by atoms with Gasteiger partial charge in [-0.15, -0.1) is 10.2 Å². The minimum Gasteiger partial charge on any atom is -0.331 e. The fourth-order valence-corrected chi connectivity index (χ4v) is 4.88. The number of carbonyl (C=O) groups excluding carboxylic acids is 2. The van der Waals surface area contributed by atoms with Gasteiger partial charge in [-0.3, -0.25) is 14.9 Å². The van der Waals surface area contributed by atoms with E-state index in [4.69, 9.17) is 11.4 Å². The molecule has 0 spiro atoms. The van der Waals surface area contributed by atoms with Crippen LogP contribution in [0.1, 0.15) is 78.3 Å². The van der Waals surface area contributed by atoms with Gasteiger partial charge in [0.1, 0.15) is 5.82 Å². The lowest BCUT2D eigenvalue weighted by atomic mass is 9.71. The Bertz CT molecular complexity index is 1230. The molecule has 0 saturated heterocycles. The fourth-order valence-electron chi connectivity index (χ4n) is 4.88. The van der Waals surface area contributed by atoms with Crippen molar-refractivity contribution in [3.05, 3.63) is 70.5 Å². The topological polar surface area (TPSA) is 124 Å². The lowest BCUT2D eigenvalue weighted by Crippen LogP contribution is -2.43. The summed E-state index contributed by atoms with van der Waals surface area (Å²) >= 11 is 0.